The van der Waals surface area contributed by atoms with Crippen molar-refractivity contribution in [2.45, 2.75) is 45.2 Å². The molecule has 2 aromatic rings. The summed E-state index contributed by atoms with van der Waals surface area (Å²) >= 11 is 0. The summed E-state index contributed by atoms with van der Waals surface area (Å²) in [5, 5.41) is 16.7. The molecule has 0 bridgehead atoms. The Balaban J connectivity index is 1.55. The molecule has 0 aromatic heterocycles. The van der Waals surface area contributed by atoms with Gasteiger partial charge in [-0.2, -0.15) is 0 Å². The second-order valence-electron chi connectivity index (χ2n) is 10.2. The summed E-state index contributed by atoms with van der Waals surface area (Å²) < 4.78 is 10.8. The Morgan fingerprint density at radius 2 is 1.84 bits per heavy atom. The highest BCUT2D eigenvalue weighted by molar-refractivity contribution is 6.11. The Morgan fingerprint density at radius 3 is 2.51 bits per heavy atom. The zero-order chi connectivity index (χ0) is 26.9. The van der Waals surface area contributed by atoms with Crippen molar-refractivity contribution in [2.24, 2.45) is 5.41 Å². The van der Waals surface area contributed by atoms with Gasteiger partial charge in [0.25, 0.3) is 5.91 Å². The van der Waals surface area contributed by atoms with Gasteiger partial charge in [-0.1, -0.05) is 19.9 Å². The third kappa shape index (κ3) is 5.52. The Bertz CT molecular complexity index is 1260. The fourth-order valence-electron chi connectivity index (χ4n) is 4.99. The molecule has 2 aliphatic rings. The minimum atomic E-state index is -1.22. The molecule has 1 saturated heterocycles. The van der Waals surface area contributed by atoms with Crippen LogP contribution in [0.1, 0.15) is 43.5 Å². The van der Waals surface area contributed by atoms with Gasteiger partial charge in [-0.3, -0.25) is 14.4 Å². The van der Waals surface area contributed by atoms with Crippen LogP contribution in [0, 0.1) is 5.41 Å². The van der Waals surface area contributed by atoms with E-state index in [4.69, 9.17) is 9.47 Å². The molecule has 2 aromatic carbocycles. The zero-order valence-electron chi connectivity index (χ0n) is 21.3. The summed E-state index contributed by atoms with van der Waals surface area (Å²) in [6.07, 6.45) is -0.00558. The van der Waals surface area contributed by atoms with E-state index in [1.807, 2.05) is 12.1 Å². The Labute approximate surface area is 214 Å². The van der Waals surface area contributed by atoms with Crippen LogP contribution in [0.3, 0.4) is 0 Å². The highest BCUT2D eigenvalue weighted by atomic mass is 16.5. The number of carbonyl (C=O) groups is 4. The van der Waals surface area contributed by atoms with Crippen LogP contribution < -0.4 is 25.2 Å². The van der Waals surface area contributed by atoms with Crippen LogP contribution in [0.25, 0.3) is 11.1 Å². The summed E-state index contributed by atoms with van der Waals surface area (Å²) in [6.45, 7) is 3.51. The molecule has 2 aliphatic heterocycles. The number of methoxy groups -OCH3 is 2. The first kappa shape index (κ1) is 26.0. The first-order valence-corrected chi connectivity index (χ1v) is 12.0. The molecule has 3 amide bonds. The molecule has 0 unspecified atom stereocenters. The van der Waals surface area contributed by atoms with Crippen LogP contribution in [0.15, 0.2) is 36.4 Å². The normalized spacial score (nSPS) is 18.9. The number of rotatable bonds is 8. The first-order chi connectivity index (χ1) is 17.5. The van der Waals surface area contributed by atoms with Crippen molar-refractivity contribution in [1.29, 1.82) is 0 Å². The van der Waals surface area contributed by atoms with E-state index < -0.39 is 23.5 Å². The first-order valence-electron chi connectivity index (χ1n) is 12.0. The van der Waals surface area contributed by atoms with Crippen LogP contribution >= 0.6 is 0 Å². The van der Waals surface area contributed by atoms with Gasteiger partial charge in [0.15, 0.2) is 0 Å². The standard InChI is InChI=1S/C27H31N3O7/c1-27(2,13-24(32)33)12-23(31)28-16-10-21-25(34)29-20-8-5-15(9-19(20)26(35)30(21)14-16)18-7-6-17(36-3)11-22(18)37-4/h5-9,11,16,21H,10,12-14H2,1-4H3,(H,28,31)(H,29,34)(H,32,33)/p-1/t16-,21-/m0/s1. The van der Waals surface area contributed by atoms with Crippen LogP contribution in [0.5, 0.6) is 11.5 Å². The summed E-state index contributed by atoms with van der Waals surface area (Å²) in [7, 11) is 3.12. The largest absolute Gasteiger partial charge is 0.550 e. The lowest BCUT2D eigenvalue weighted by atomic mass is 9.85. The van der Waals surface area contributed by atoms with Gasteiger partial charge in [-0.15, -0.1) is 0 Å². The number of carboxylic acid groups (broad SMARTS) is 1. The summed E-state index contributed by atoms with van der Waals surface area (Å²) in [5.41, 5.74) is 1.48. The molecule has 196 valence electrons. The Hall–Kier alpha value is -4.08. The molecular weight excluding hydrogens is 478 g/mol. The van der Waals surface area contributed by atoms with E-state index in [-0.39, 0.29) is 43.5 Å². The van der Waals surface area contributed by atoms with Gasteiger partial charge < -0.3 is 34.9 Å². The predicted octanol–water partition coefficient (Wildman–Crippen LogP) is 1.58. The molecule has 10 heteroatoms. The van der Waals surface area contributed by atoms with Gasteiger partial charge in [-0.25, -0.2) is 0 Å². The number of hydrogen-bond donors (Lipinski definition) is 2. The van der Waals surface area contributed by atoms with E-state index in [0.29, 0.717) is 22.7 Å². The van der Waals surface area contributed by atoms with Crippen LogP contribution in [0.2, 0.25) is 0 Å². The van der Waals surface area contributed by atoms with Crippen molar-refractivity contribution in [3.63, 3.8) is 0 Å². The van der Waals surface area contributed by atoms with Crippen molar-refractivity contribution in [3.8, 4) is 22.6 Å². The lowest BCUT2D eigenvalue weighted by molar-refractivity contribution is -0.307. The zero-order valence-corrected chi connectivity index (χ0v) is 21.3. The molecule has 2 heterocycles. The quantitative estimate of drug-likeness (QED) is 0.552. The van der Waals surface area contributed by atoms with Gasteiger partial charge in [0.1, 0.15) is 17.5 Å². The highest BCUT2D eigenvalue weighted by Crippen LogP contribution is 2.37. The number of nitrogens with zero attached hydrogens (tertiary/aromatic N) is 1. The number of fused-ring (bicyclic) bond motifs is 2. The minimum Gasteiger partial charge on any atom is -0.550 e. The van der Waals surface area contributed by atoms with Gasteiger partial charge in [0.05, 0.1) is 25.5 Å². The second kappa shape index (κ2) is 10.1. The summed E-state index contributed by atoms with van der Waals surface area (Å²) in [5.74, 6) is -0.990. The van der Waals surface area contributed by atoms with Crippen molar-refractivity contribution in [2.75, 3.05) is 26.1 Å². The highest BCUT2D eigenvalue weighted by Gasteiger charge is 2.43. The molecule has 1 fully saturated rings. The number of anilines is 1. The molecule has 37 heavy (non-hydrogen) atoms. The lowest BCUT2D eigenvalue weighted by Gasteiger charge is -2.25. The molecule has 0 spiro atoms. The summed E-state index contributed by atoms with van der Waals surface area (Å²) in [4.78, 5) is 51.6. The Kier molecular flexibility index (Phi) is 7.11. The third-order valence-electron chi connectivity index (χ3n) is 6.72. The van der Waals surface area contributed by atoms with E-state index in [0.717, 1.165) is 11.1 Å². The number of ether oxygens (including phenoxy) is 2. The van der Waals surface area contributed by atoms with Crippen LogP contribution in [0.4, 0.5) is 5.69 Å². The molecular formula is C27H30N3O7-. The fourth-order valence-corrected chi connectivity index (χ4v) is 4.99. The van der Waals surface area contributed by atoms with Gasteiger partial charge in [0, 0.05) is 36.6 Å². The van der Waals surface area contributed by atoms with Crippen LogP contribution in [-0.2, 0) is 14.4 Å². The maximum absolute atomic E-state index is 13.6. The lowest BCUT2D eigenvalue weighted by Crippen LogP contribution is -2.41. The predicted molar refractivity (Wildman–Crippen MR) is 133 cm³/mol. The number of aliphatic carboxylic acids is 1. The number of amides is 3. The average molecular weight is 509 g/mol. The molecule has 0 aliphatic carbocycles. The number of carbonyl (C=O) groups excluding carboxylic acids is 4. The molecule has 10 nitrogen and oxygen atoms in total. The number of carboxylic acids is 1. The van der Waals surface area contributed by atoms with E-state index in [9.17, 15) is 24.3 Å². The van der Waals surface area contributed by atoms with E-state index >= 15 is 0 Å². The molecule has 0 radical (unpaired) electrons. The van der Waals surface area contributed by atoms with Crippen LogP contribution in [-0.4, -0.2) is 61.4 Å². The second-order valence-corrected chi connectivity index (χ2v) is 10.2. The topological polar surface area (TPSA) is 137 Å². The van der Waals surface area contributed by atoms with E-state index in [2.05, 4.69) is 10.6 Å². The van der Waals surface area contributed by atoms with Gasteiger partial charge >= 0.3 is 0 Å². The monoisotopic (exact) mass is 508 g/mol. The van der Waals surface area contributed by atoms with E-state index in [1.165, 1.54) is 4.90 Å². The fraction of sp³-hybridized carbons (Fsp3) is 0.407. The molecule has 2 N–H and O–H groups in total. The smallest absolute Gasteiger partial charge is 0.256 e. The van der Waals surface area contributed by atoms with Crippen molar-refractivity contribution in [1.82, 2.24) is 10.2 Å². The van der Waals surface area contributed by atoms with Gasteiger partial charge in [-0.05, 0) is 48.1 Å². The number of nitrogens with one attached hydrogen (secondary N) is 2. The minimum absolute atomic E-state index is 0.0157. The van der Waals surface area contributed by atoms with Crippen molar-refractivity contribution < 1.29 is 33.8 Å². The average Bonchev–Trinajstić information content (AvgIpc) is 3.22. The number of hydrogen-bond acceptors (Lipinski definition) is 7. The maximum atomic E-state index is 13.6. The van der Waals surface area contributed by atoms with Gasteiger partial charge in [0.2, 0.25) is 11.8 Å². The number of benzene rings is 2. The van der Waals surface area contributed by atoms with E-state index in [1.54, 1.807) is 52.3 Å². The Morgan fingerprint density at radius 1 is 1.08 bits per heavy atom. The summed E-state index contributed by atoms with van der Waals surface area (Å²) in [6, 6.07) is 9.45. The third-order valence-corrected chi connectivity index (χ3v) is 6.72. The molecule has 4 rings (SSSR count). The molecule has 2 atom stereocenters. The molecule has 0 saturated carbocycles. The maximum Gasteiger partial charge on any atom is 0.256 e. The van der Waals surface area contributed by atoms with Crippen molar-refractivity contribution >= 4 is 29.4 Å². The SMILES string of the molecule is COc1ccc(-c2ccc3c(c2)C(=O)N2C[C@@H](NC(=O)CC(C)(C)CC(=O)[O-])C[C@H]2C(=O)N3)c(OC)c1. The van der Waals surface area contributed by atoms with Crippen molar-refractivity contribution in [3.05, 3.63) is 42.0 Å².